The van der Waals surface area contributed by atoms with Gasteiger partial charge in [-0.15, -0.1) is 0 Å². The Labute approximate surface area is 70.0 Å². The maximum atomic E-state index is 10.7. The average Bonchev–Trinajstić information content (AvgIpc) is 2.37. The highest BCUT2D eigenvalue weighted by Gasteiger charge is 2.26. The summed E-state index contributed by atoms with van der Waals surface area (Å²) in [5, 5.41) is 8.78. The largest absolute Gasteiger partial charge is 0.481 e. The lowest BCUT2D eigenvalue weighted by atomic mass is 10.00. The maximum Gasteiger partial charge on any atom is 0.315 e. The molecule has 2 atom stereocenters. The molecule has 66 valence electrons. The van der Waals surface area contributed by atoms with Crippen molar-refractivity contribution in [2.24, 2.45) is 5.73 Å². The third kappa shape index (κ3) is 1.65. The van der Waals surface area contributed by atoms with Crippen LogP contribution in [0.15, 0.2) is 22.8 Å². The zero-order valence-corrected chi connectivity index (χ0v) is 6.73. The fourth-order valence-corrected chi connectivity index (χ4v) is 1.07. The summed E-state index contributed by atoms with van der Waals surface area (Å²) in [7, 11) is 0. The molecule has 0 amide bonds. The first-order valence-electron chi connectivity index (χ1n) is 3.64. The van der Waals surface area contributed by atoms with Gasteiger partial charge in [0.1, 0.15) is 11.7 Å². The Morgan fingerprint density at radius 1 is 1.75 bits per heavy atom. The summed E-state index contributed by atoms with van der Waals surface area (Å²) < 4.78 is 4.96. The molecule has 1 rings (SSSR count). The van der Waals surface area contributed by atoms with Crippen molar-refractivity contribution in [1.82, 2.24) is 0 Å². The van der Waals surface area contributed by atoms with Crippen LogP contribution in [-0.2, 0) is 4.79 Å². The van der Waals surface area contributed by atoms with Crippen molar-refractivity contribution >= 4 is 5.97 Å². The fourth-order valence-electron chi connectivity index (χ4n) is 1.07. The van der Waals surface area contributed by atoms with Gasteiger partial charge in [0.2, 0.25) is 0 Å². The van der Waals surface area contributed by atoms with Gasteiger partial charge in [-0.3, -0.25) is 4.79 Å². The number of hydrogen-bond acceptors (Lipinski definition) is 3. The van der Waals surface area contributed by atoms with Crippen LogP contribution >= 0.6 is 0 Å². The average molecular weight is 169 g/mol. The minimum Gasteiger partial charge on any atom is -0.481 e. The van der Waals surface area contributed by atoms with E-state index in [0.717, 1.165) is 0 Å². The lowest BCUT2D eigenvalue weighted by Gasteiger charge is -2.12. The van der Waals surface area contributed by atoms with Gasteiger partial charge < -0.3 is 15.3 Å². The Kier molecular flexibility index (Phi) is 2.50. The SMILES string of the molecule is CC(N)C(C(=O)O)c1ccco1. The van der Waals surface area contributed by atoms with Gasteiger partial charge in [-0.25, -0.2) is 0 Å². The molecule has 0 spiro atoms. The molecular weight excluding hydrogens is 158 g/mol. The first-order chi connectivity index (χ1) is 5.63. The predicted molar refractivity (Wildman–Crippen MR) is 42.7 cm³/mol. The van der Waals surface area contributed by atoms with Crippen LogP contribution in [0.5, 0.6) is 0 Å². The molecule has 0 radical (unpaired) electrons. The van der Waals surface area contributed by atoms with E-state index in [2.05, 4.69) is 0 Å². The molecule has 0 aromatic carbocycles. The minimum atomic E-state index is -0.958. The first kappa shape index (κ1) is 8.80. The monoisotopic (exact) mass is 169 g/mol. The molecule has 0 fully saturated rings. The van der Waals surface area contributed by atoms with Crippen molar-refractivity contribution in [3.8, 4) is 0 Å². The van der Waals surface area contributed by atoms with Crippen LogP contribution in [0.25, 0.3) is 0 Å². The molecule has 0 saturated carbocycles. The van der Waals surface area contributed by atoms with E-state index in [1.165, 1.54) is 6.26 Å². The zero-order valence-electron chi connectivity index (χ0n) is 6.73. The van der Waals surface area contributed by atoms with Gasteiger partial charge >= 0.3 is 5.97 Å². The van der Waals surface area contributed by atoms with Crippen molar-refractivity contribution in [1.29, 1.82) is 0 Å². The summed E-state index contributed by atoms with van der Waals surface area (Å²) in [5.74, 6) is -1.31. The van der Waals surface area contributed by atoms with Gasteiger partial charge in [-0.05, 0) is 19.1 Å². The Bertz CT molecular complexity index is 253. The molecule has 0 saturated heterocycles. The van der Waals surface area contributed by atoms with E-state index >= 15 is 0 Å². The van der Waals surface area contributed by atoms with Crippen LogP contribution in [0.1, 0.15) is 18.6 Å². The van der Waals surface area contributed by atoms with Crippen LogP contribution < -0.4 is 5.73 Å². The standard InChI is InChI=1S/C8H11NO3/c1-5(9)7(8(10)11)6-3-2-4-12-6/h2-5,7H,9H2,1H3,(H,10,11). The summed E-state index contributed by atoms with van der Waals surface area (Å²) in [5.41, 5.74) is 5.49. The Morgan fingerprint density at radius 2 is 2.42 bits per heavy atom. The van der Waals surface area contributed by atoms with E-state index in [-0.39, 0.29) is 0 Å². The van der Waals surface area contributed by atoms with E-state index in [1.807, 2.05) is 0 Å². The zero-order chi connectivity index (χ0) is 9.14. The van der Waals surface area contributed by atoms with Crippen molar-refractivity contribution in [2.45, 2.75) is 18.9 Å². The highest BCUT2D eigenvalue weighted by atomic mass is 16.4. The van der Waals surface area contributed by atoms with E-state index in [0.29, 0.717) is 5.76 Å². The quantitative estimate of drug-likeness (QED) is 0.701. The van der Waals surface area contributed by atoms with Gasteiger partial charge in [-0.1, -0.05) is 0 Å². The number of carbonyl (C=O) groups is 1. The van der Waals surface area contributed by atoms with E-state index < -0.39 is 17.9 Å². The number of carboxylic acid groups (broad SMARTS) is 1. The number of aliphatic carboxylic acids is 1. The van der Waals surface area contributed by atoms with E-state index in [1.54, 1.807) is 19.1 Å². The number of furan rings is 1. The summed E-state index contributed by atoms with van der Waals surface area (Å²) in [4.78, 5) is 10.7. The molecule has 0 aliphatic carbocycles. The summed E-state index contributed by atoms with van der Waals surface area (Å²) >= 11 is 0. The van der Waals surface area contributed by atoms with Crippen molar-refractivity contribution in [2.75, 3.05) is 0 Å². The molecular formula is C8H11NO3. The number of carboxylic acids is 1. The second-order valence-corrected chi connectivity index (χ2v) is 2.69. The Morgan fingerprint density at radius 3 is 2.75 bits per heavy atom. The third-order valence-corrected chi connectivity index (χ3v) is 1.64. The molecule has 12 heavy (non-hydrogen) atoms. The molecule has 2 unspecified atom stereocenters. The smallest absolute Gasteiger partial charge is 0.315 e. The molecule has 1 heterocycles. The van der Waals surface area contributed by atoms with Crippen LogP contribution in [0, 0.1) is 0 Å². The second kappa shape index (κ2) is 3.40. The Balaban J connectivity index is 2.88. The molecule has 4 heteroatoms. The van der Waals surface area contributed by atoms with Crippen LogP contribution in [0.3, 0.4) is 0 Å². The molecule has 0 bridgehead atoms. The van der Waals surface area contributed by atoms with Gasteiger partial charge in [0.25, 0.3) is 0 Å². The molecule has 1 aromatic heterocycles. The fraction of sp³-hybridized carbons (Fsp3) is 0.375. The predicted octanol–water partition coefficient (Wildman–Crippen LogP) is 0.795. The molecule has 0 aliphatic rings. The highest BCUT2D eigenvalue weighted by molar-refractivity contribution is 5.76. The topological polar surface area (TPSA) is 76.5 Å². The van der Waals surface area contributed by atoms with Crippen molar-refractivity contribution in [3.63, 3.8) is 0 Å². The van der Waals surface area contributed by atoms with Crippen LogP contribution in [0.2, 0.25) is 0 Å². The number of rotatable bonds is 3. The normalized spacial score (nSPS) is 15.5. The summed E-state index contributed by atoms with van der Waals surface area (Å²) in [6.45, 7) is 1.64. The molecule has 1 aromatic rings. The number of hydrogen-bond donors (Lipinski definition) is 2. The van der Waals surface area contributed by atoms with Crippen molar-refractivity contribution in [3.05, 3.63) is 24.2 Å². The summed E-state index contributed by atoms with van der Waals surface area (Å²) in [6, 6.07) is 2.81. The first-order valence-corrected chi connectivity index (χ1v) is 3.64. The van der Waals surface area contributed by atoms with Gasteiger partial charge in [0, 0.05) is 6.04 Å². The van der Waals surface area contributed by atoms with Crippen LogP contribution in [0.4, 0.5) is 0 Å². The summed E-state index contributed by atoms with van der Waals surface area (Å²) in [6.07, 6.45) is 1.44. The number of nitrogens with two attached hydrogens (primary N) is 1. The lowest BCUT2D eigenvalue weighted by molar-refractivity contribution is -0.139. The molecule has 0 aliphatic heterocycles. The highest BCUT2D eigenvalue weighted by Crippen LogP contribution is 2.18. The van der Waals surface area contributed by atoms with Crippen molar-refractivity contribution < 1.29 is 14.3 Å². The van der Waals surface area contributed by atoms with E-state index in [9.17, 15) is 4.79 Å². The van der Waals surface area contributed by atoms with Gasteiger partial charge in [0.15, 0.2) is 0 Å². The minimum absolute atomic E-state index is 0.400. The van der Waals surface area contributed by atoms with Crippen LogP contribution in [-0.4, -0.2) is 17.1 Å². The van der Waals surface area contributed by atoms with Gasteiger partial charge in [-0.2, -0.15) is 0 Å². The third-order valence-electron chi connectivity index (χ3n) is 1.64. The Hall–Kier alpha value is -1.29. The second-order valence-electron chi connectivity index (χ2n) is 2.69. The molecule has 3 N–H and O–H groups in total. The van der Waals surface area contributed by atoms with Gasteiger partial charge in [0.05, 0.1) is 6.26 Å². The lowest BCUT2D eigenvalue weighted by Crippen LogP contribution is -2.30. The maximum absolute atomic E-state index is 10.7. The molecule has 4 nitrogen and oxygen atoms in total. The van der Waals surface area contributed by atoms with E-state index in [4.69, 9.17) is 15.3 Å².